The quantitative estimate of drug-likeness (QED) is 0.745. The van der Waals surface area contributed by atoms with Gasteiger partial charge in [-0.15, -0.1) is 0 Å². The third kappa shape index (κ3) is 4.19. The van der Waals surface area contributed by atoms with Crippen molar-refractivity contribution in [2.24, 2.45) is 0 Å². The second-order valence-corrected chi connectivity index (χ2v) is 6.58. The fraction of sp³-hybridized carbons (Fsp3) is 0.300. The summed E-state index contributed by atoms with van der Waals surface area (Å²) < 4.78 is 18.5. The van der Waals surface area contributed by atoms with Crippen LogP contribution in [0, 0.1) is 12.7 Å². The van der Waals surface area contributed by atoms with E-state index in [4.69, 9.17) is 4.42 Å². The van der Waals surface area contributed by atoms with Crippen molar-refractivity contribution in [1.29, 1.82) is 0 Å². The van der Waals surface area contributed by atoms with Crippen molar-refractivity contribution in [3.05, 3.63) is 66.0 Å². The monoisotopic (exact) mass is 367 g/mol. The zero-order valence-electron chi connectivity index (χ0n) is 15.2. The van der Waals surface area contributed by atoms with E-state index in [1.807, 2.05) is 37.3 Å². The molecule has 2 aromatic heterocycles. The number of anilines is 3. The van der Waals surface area contributed by atoms with Gasteiger partial charge >= 0.3 is 0 Å². The fourth-order valence-corrected chi connectivity index (χ4v) is 3.19. The summed E-state index contributed by atoms with van der Waals surface area (Å²) in [7, 11) is 0. The van der Waals surface area contributed by atoms with E-state index < -0.39 is 0 Å². The first kappa shape index (κ1) is 17.3. The van der Waals surface area contributed by atoms with Crippen LogP contribution in [-0.2, 0) is 6.54 Å². The Hall–Kier alpha value is -3.09. The van der Waals surface area contributed by atoms with Gasteiger partial charge in [0.15, 0.2) is 0 Å². The lowest BCUT2D eigenvalue weighted by atomic mass is 10.2. The maximum Gasteiger partial charge on any atom is 0.227 e. The van der Waals surface area contributed by atoms with Gasteiger partial charge in [0.05, 0.1) is 12.8 Å². The van der Waals surface area contributed by atoms with Gasteiger partial charge in [-0.25, -0.2) is 9.37 Å². The first-order valence-corrected chi connectivity index (χ1v) is 9.05. The van der Waals surface area contributed by atoms with Crippen molar-refractivity contribution in [3.63, 3.8) is 0 Å². The van der Waals surface area contributed by atoms with Gasteiger partial charge < -0.3 is 19.5 Å². The number of rotatable bonds is 5. The van der Waals surface area contributed by atoms with E-state index in [1.54, 1.807) is 6.26 Å². The molecule has 1 fully saturated rings. The number of piperazine rings is 1. The minimum absolute atomic E-state index is 0.208. The third-order valence-electron chi connectivity index (χ3n) is 4.62. The maximum atomic E-state index is 13.1. The summed E-state index contributed by atoms with van der Waals surface area (Å²) >= 11 is 0. The Morgan fingerprint density at radius 3 is 2.48 bits per heavy atom. The average molecular weight is 367 g/mol. The SMILES string of the molecule is Cc1cc(NCc2ccco2)nc(N2CCN(c3ccc(F)cc3)CC2)n1. The Kier molecular flexibility index (Phi) is 4.91. The van der Waals surface area contributed by atoms with Gasteiger partial charge in [0.2, 0.25) is 5.95 Å². The molecule has 3 aromatic rings. The molecule has 7 heteroatoms. The van der Waals surface area contributed by atoms with Crippen LogP contribution in [-0.4, -0.2) is 36.1 Å². The molecule has 0 saturated carbocycles. The lowest BCUT2D eigenvalue weighted by molar-refractivity contribution is 0.517. The highest BCUT2D eigenvalue weighted by Crippen LogP contribution is 2.20. The van der Waals surface area contributed by atoms with Crippen molar-refractivity contribution in [1.82, 2.24) is 9.97 Å². The molecule has 140 valence electrons. The Labute approximate surface area is 157 Å². The van der Waals surface area contributed by atoms with Crippen LogP contribution < -0.4 is 15.1 Å². The molecule has 0 bridgehead atoms. The number of nitrogens with one attached hydrogen (secondary N) is 1. The van der Waals surface area contributed by atoms with Gasteiger partial charge in [0, 0.05) is 43.6 Å². The molecule has 1 aliphatic heterocycles. The molecule has 1 N–H and O–H groups in total. The smallest absolute Gasteiger partial charge is 0.227 e. The zero-order valence-corrected chi connectivity index (χ0v) is 15.2. The van der Waals surface area contributed by atoms with Crippen molar-refractivity contribution >= 4 is 17.5 Å². The predicted molar refractivity (Wildman–Crippen MR) is 104 cm³/mol. The number of furan rings is 1. The van der Waals surface area contributed by atoms with Crippen molar-refractivity contribution in [2.75, 3.05) is 41.3 Å². The number of benzene rings is 1. The summed E-state index contributed by atoms with van der Waals surface area (Å²) in [5.41, 5.74) is 1.96. The van der Waals surface area contributed by atoms with Crippen LogP contribution in [0.1, 0.15) is 11.5 Å². The molecular formula is C20H22FN5O. The molecule has 3 heterocycles. The molecule has 0 unspecified atom stereocenters. The van der Waals surface area contributed by atoms with Gasteiger partial charge in [-0.1, -0.05) is 0 Å². The maximum absolute atomic E-state index is 13.1. The first-order chi connectivity index (χ1) is 13.2. The highest BCUT2D eigenvalue weighted by atomic mass is 19.1. The molecule has 0 spiro atoms. The topological polar surface area (TPSA) is 57.4 Å². The lowest BCUT2D eigenvalue weighted by Crippen LogP contribution is -2.47. The first-order valence-electron chi connectivity index (χ1n) is 9.05. The summed E-state index contributed by atoms with van der Waals surface area (Å²) in [6.45, 7) is 5.88. The van der Waals surface area contributed by atoms with E-state index in [-0.39, 0.29) is 5.82 Å². The van der Waals surface area contributed by atoms with Crippen molar-refractivity contribution in [3.8, 4) is 0 Å². The van der Waals surface area contributed by atoms with Crippen molar-refractivity contribution < 1.29 is 8.81 Å². The molecule has 6 nitrogen and oxygen atoms in total. The largest absolute Gasteiger partial charge is 0.467 e. The van der Waals surface area contributed by atoms with Gasteiger partial charge in [-0.2, -0.15) is 4.98 Å². The second kappa shape index (κ2) is 7.65. The summed E-state index contributed by atoms with van der Waals surface area (Å²) in [6.07, 6.45) is 1.66. The summed E-state index contributed by atoms with van der Waals surface area (Å²) in [4.78, 5) is 13.7. The fourth-order valence-electron chi connectivity index (χ4n) is 3.19. The molecule has 0 aliphatic carbocycles. The number of halogens is 1. The van der Waals surface area contributed by atoms with E-state index in [9.17, 15) is 4.39 Å². The summed E-state index contributed by atoms with van der Waals surface area (Å²) in [5, 5.41) is 3.29. The molecule has 1 saturated heterocycles. The Morgan fingerprint density at radius 1 is 1.04 bits per heavy atom. The van der Waals surface area contributed by atoms with Gasteiger partial charge in [-0.05, 0) is 43.3 Å². The van der Waals surface area contributed by atoms with E-state index >= 15 is 0 Å². The summed E-state index contributed by atoms with van der Waals surface area (Å²) in [6, 6.07) is 12.4. The second-order valence-electron chi connectivity index (χ2n) is 6.58. The van der Waals surface area contributed by atoms with Crippen LogP contribution >= 0.6 is 0 Å². The van der Waals surface area contributed by atoms with Crippen LogP contribution in [0.5, 0.6) is 0 Å². The number of nitrogens with zero attached hydrogens (tertiary/aromatic N) is 4. The van der Waals surface area contributed by atoms with E-state index in [0.717, 1.165) is 55.1 Å². The molecule has 1 aromatic carbocycles. The van der Waals surface area contributed by atoms with Gasteiger partial charge in [0.1, 0.15) is 17.4 Å². The molecule has 0 amide bonds. The number of aromatic nitrogens is 2. The standard InChI is InChI=1S/C20H22FN5O/c1-15-13-19(22-14-18-3-2-12-27-18)24-20(23-15)26-10-8-25(9-11-26)17-6-4-16(21)5-7-17/h2-7,12-13H,8-11,14H2,1H3,(H,22,23,24). The van der Waals surface area contributed by atoms with Gasteiger partial charge in [0.25, 0.3) is 0 Å². The average Bonchev–Trinajstić information content (AvgIpc) is 3.20. The molecule has 4 rings (SSSR count). The van der Waals surface area contributed by atoms with E-state index in [1.165, 1.54) is 12.1 Å². The lowest BCUT2D eigenvalue weighted by Gasteiger charge is -2.36. The minimum atomic E-state index is -0.208. The van der Waals surface area contributed by atoms with Crippen LogP contribution in [0.15, 0.2) is 53.1 Å². The third-order valence-corrected chi connectivity index (χ3v) is 4.62. The number of aryl methyl sites for hydroxylation is 1. The van der Waals surface area contributed by atoms with E-state index in [0.29, 0.717) is 6.54 Å². The highest BCUT2D eigenvalue weighted by molar-refractivity contribution is 5.49. The van der Waals surface area contributed by atoms with Crippen LogP contribution in [0.25, 0.3) is 0 Å². The molecule has 0 radical (unpaired) electrons. The molecule has 1 aliphatic rings. The van der Waals surface area contributed by atoms with Crippen LogP contribution in [0.4, 0.5) is 21.8 Å². The van der Waals surface area contributed by atoms with Crippen LogP contribution in [0.2, 0.25) is 0 Å². The highest BCUT2D eigenvalue weighted by Gasteiger charge is 2.20. The zero-order chi connectivity index (χ0) is 18.6. The van der Waals surface area contributed by atoms with Crippen LogP contribution in [0.3, 0.4) is 0 Å². The number of hydrogen-bond donors (Lipinski definition) is 1. The van der Waals surface area contributed by atoms with E-state index in [2.05, 4.69) is 25.1 Å². The Bertz CT molecular complexity index is 874. The Balaban J connectivity index is 1.40. The van der Waals surface area contributed by atoms with Crippen molar-refractivity contribution in [2.45, 2.75) is 13.5 Å². The molecular weight excluding hydrogens is 345 g/mol. The van der Waals surface area contributed by atoms with Gasteiger partial charge in [-0.3, -0.25) is 0 Å². The summed E-state index contributed by atoms with van der Waals surface area (Å²) in [5.74, 6) is 2.17. The predicted octanol–water partition coefficient (Wildman–Crippen LogP) is 3.46. The minimum Gasteiger partial charge on any atom is -0.467 e. The number of hydrogen-bond acceptors (Lipinski definition) is 6. The normalized spacial score (nSPS) is 14.4. The Morgan fingerprint density at radius 2 is 1.78 bits per heavy atom. The molecule has 0 atom stereocenters. The molecule has 27 heavy (non-hydrogen) atoms.